The number of sulfone groups is 1. The fourth-order valence-corrected chi connectivity index (χ4v) is 14.4. The van der Waals surface area contributed by atoms with Gasteiger partial charge in [-0.3, -0.25) is 9.59 Å². The number of aliphatic hydroxyl groups is 2. The maximum absolute atomic E-state index is 12.9. The molecule has 0 spiro atoms. The van der Waals surface area contributed by atoms with Crippen molar-refractivity contribution in [2.24, 2.45) is 23.7 Å². The number of nitrogen functional groups attached to an aromatic ring is 3. The van der Waals surface area contributed by atoms with Crippen LogP contribution in [0, 0.1) is 23.7 Å². The number of anilines is 3. The highest BCUT2D eigenvalue weighted by molar-refractivity contribution is 7.92. The van der Waals surface area contributed by atoms with Gasteiger partial charge in [-0.25, -0.2) is 8.42 Å². The number of carbonyl (C=O) groups is 2. The molecule has 10 nitrogen and oxygen atoms in total. The zero-order valence-electron chi connectivity index (χ0n) is 46.0. The topological polar surface area (TPSA) is 200 Å². The monoisotopic (exact) mass is 1060 g/mol. The number of Topliss-reactive ketones (excluding diaryl/α,β-unsaturated/α-hetero) is 2. The number of ketones is 2. The first kappa shape index (κ1) is 55.1. The average Bonchev–Trinajstić information content (AvgIpc) is 4.20. The summed E-state index contributed by atoms with van der Waals surface area (Å²) in [4.78, 5) is 25.0. The van der Waals surface area contributed by atoms with Gasteiger partial charge in [-0.15, -0.1) is 0 Å². The lowest BCUT2D eigenvalue weighted by molar-refractivity contribution is -0.116. The van der Waals surface area contributed by atoms with Gasteiger partial charge in [0.1, 0.15) is 5.75 Å². The number of furan rings is 1. The number of carbonyl (C=O) groups excluding carboxylic acids is 2. The molecule has 0 amide bonds. The number of fused-ring (bicyclic) bond motifs is 4. The van der Waals surface area contributed by atoms with E-state index in [-0.39, 0.29) is 35.1 Å². The van der Waals surface area contributed by atoms with Gasteiger partial charge in [-0.2, -0.15) is 0 Å². The molecule has 0 bridgehead atoms. The van der Waals surface area contributed by atoms with Crippen molar-refractivity contribution in [3.63, 3.8) is 0 Å². The van der Waals surface area contributed by atoms with E-state index in [0.29, 0.717) is 17.4 Å². The molecular weight excluding hydrogens is 979 g/mol. The predicted octanol–water partition coefficient (Wildman–Crippen LogP) is 12.4. The number of rotatable bonds is 14. The Morgan fingerprint density at radius 2 is 1.10 bits per heavy atom. The van der Waals surface area contributed by atoms with Crippen LogP contribution in [-0.2, 0) is 90.9 Å². The maximum Gasteiger partial charge on any atom is 0.218 e. The van der Waals surface area contributed by atoms with E-state index >= 15 is 0 Å². The van der Waals surface area contributed by atoms with Crippen molar-refractivity contribution in [1.82, 2.24) is 0 Å². The van der Waals surface area contributed by atoms with Crippen molar-refractivity contribution < 1.29 is 32.6 Å². The largest absolute Gasteiger partial charge is 0.453 e. The van der Waals surface area contributed by atoms with Gasteiger partial charge in [-0.05, 0) is 214 Å². The lowest BCUT2D eigenvalue weighted by Crippen LogP contribution is -2.23. The molecule has 13 rings (SSSR count). The van der Waals surface area contributed by atoms with Gasteiger partial charge in [0, 0.05) is 52.2 Å². The Labute approximate surface area is 458 Å². The molecule has 1 aromatic heterocycles. The number of aryl methyl sites for hydroxylation is 4. The molecule has 77 heavy (non-hydrogen) atoms. The van der Waals surface area contributed by atoms with Crippen LogP contribution in [-0.4, -0.2) is 36.0 Å². The molecule has 412 valence electrons. The van der Waals surface area contributed by atoms with E-state index in [9.17, 15) is 28.2 Å². The summed E-state index contributed by atoms with van der Waals surface area (Å²) in [5.74, 6) is 1.68. The van der Waals surface area contributed by atoms with Crippen molar-refractivity contribution in [3.8, 4) is 0 Å². The highest BCUT2D eigenvalue weighted by Gasteiger charge is 2.33. The van der Waals surface area contributed by atoms with Gasteiger partial charge in [0.15, 0.2) is 11.6 Å². The Balaban J connectivity index is 0.000000122. The van der Waals surface area contributed by atoms with E-state index in [1.165, 1.54) is 158 Å². The van der Waals surface area contributed by atoms with E-state index in [4.69, 9.17) is 21.6 Å². The fourth-order valence-electron chi connectivity index (χ4n) is 13.3. The number of nitrogens with two attached hydrogens (primary N) is 3. The number of hydrogen-bond acceptors (Lipinski definition) is 10. The minimum Gasteiger partial charge on any atom is -0.453 e. The van der Waals surface area contributed by atoms with Gasteiger partial charge in [0.25, 0.3) is 0 Å². The Hall–Kier alpha value is -5.23. The summed E-state index contributed by atoms with van der Waals surface area (Å²) < 4.78 is 30.6. The van der Waals surface area contributed by atoms with Crippen LogP contribution in [0.3, 0.4) is 0 Å². The lowest BCUT2D eigenvalue weighted by atomic mass is 9.78. The molecule has 4 saturated carbocycles. The zero-order valence-corrected chi connectivity index (χ0v) is 46.9. The molecular formula is C66H85N3O7S. The van der Waals surface area contributed by atoms with Crippen LogP contribution in [0.2, 0.25) is 0 Å². The summed E-state index contributed by atoms with van der Waals surface area (Å²) in [5.41, 5.74) is 36.8. The van der Waals surface area contributed by atoms with Crippen molar-refractivity contribution >= 4 is 38.5 Å². The minimum absolute atomic E-state index is 0.156. The molecule has 1 atom stereocenters. The molecule has 0 saturated heterocycles. The Bertz CT molecular complexity index is 3080. The molecule has 5 aromatic rings. The third-order valence-corrected chi connectivity index (χ3v) is 20.6. The van der Waals surface area contributed by atoms with Crippen LogP contribution < -0.4 is 17.2 Å². The van der Waals surface area contributed by atoms with Crippen molar-refractivity contribution in [3.05, 3.63) is 139 Å². The summed E-state index contributed by atoms with van der Waals surface area (Å²) in [7, 11) is -3.89. The molecule has 1 heterocycles. The lowest BCUT2D eigenvalue weighted by Gasteiger charge is -2.31. The Morgan fingerprint density at radius 1 is 0.610 bits per heavy atom. The normalized spacial score (nSPS) is 19.0. The van der Waals surface area contributed by atoms with Gasteiger partial charge in [-0.1, -0.05) is 93.8 Å². The zero-order chi connectivity index (χ0) is 54.0. The summed E-state index contributed by atoms with van der Waals surface area (Å²) in [6.45, 7) is 3.11. The first-order valence-electron chi connectivity index (χ1n) is 29.6. The standard InChI is InChI=1S/C24H30O5S.C14H19NO.C14H17NO.C14H19N/c1-24(2,26)19-12-23(29-14-19)30(27,28)15-20(25)13-22-18(11-16-5-3-6-16)10-9-17-7-4-8-21(17)22;2*15-13-11-6-2-3-9(11)7-8-12(13)14(16)10-4-1-5-10;15-14-12(9-10-3-1-4-10)8-7-11-5-2-6-13(11)14/h9-10,12,14,16,26H,3-8,11,13,15H2,1-2H3;7-8,10,14,16H,1-6,15H2;7-8,10H,1-6,15H2;7-8,10H,1-6,9,15H2. The van der Waals surface area contributed by atoms with Crippen LogP contribution in [0.4, 0.5) is 17.1 Å². The maximum atomic E-state index is 12.9. The summed E-state index contributed by atoms with van der Waals surface area (Å²) in [6.07, 6.45) is 31.8. The van der Waals surface area contributed by atoms with E-state index < -0.39 is 21.2 Å². The van der Waals surface area contributed by atoms with E-state index in [1.54, 1.807) is 13.8 Å². The molecule has 4 aromatic carbocycles. The molecule has 0 radical (unpaired) electrons. The minimum atomic E-state index is -3.89. The van der Waals surface area contributed by atoms with Crippen LogP contribution in [0.25, 0.3) is 0 Å². The van der Waals surface area contributed by atoms with Crippen molar-refractivity contribution in [2.45, 2.75) is 204 Å². The Morgan fingerprint density at radius 3 is 1.62 bits per heavy atom. The van der Waals surface area contributed by atoms with Crippen LogP contribution in [0.1, 0.15) is 205 Å². The molecule has 1 unspecified atom stereocenters. The van der Waals surface area contributed by atoms with Crippen LogP contribution in [0.5, 0.6) is 0 Å². The molecule has 8 aliphatic rings. The molecule has 8 aliphatic carbocycles. The number of benzene rings is 4. The summed E-state index contributed by atoms with van der Waals surface area (Å²) in [6, 6.07) is 18.5. The second-order valence-electron chi connectivity index (χ2n) is 24.7. The smallest absolute Gasteiger partial charge is 0.218 e. The molecule has 8 N–H and O–H groups in total. The Kier molecular flexibility index (Phi) is 16.9. The first-order chi connectivity index (χ1) is 37.0. The first-order valence-corrected chi connectivity index (χ1v) is 31.3. The third kappa shape index (κ3) is 12.3. The fraction of sp³-hybridized carbons (Fsp3) is 0.545. The average molecular weight is 1060 g/mol. The number of hydrogen-bond donors (Lipinski definition) is 5. The highest BCUT2D eigenvalue weighted by Crippen LogP contribution is 2.43. The summed E-state index contributed by atoms with van der Waals surface area (Å²) in [5, 5.41) is 20.0. The molecule has 11 heteroatoms. The van der Waals surface area contributed by atoms with Gasteiger partial charge in [0.05, 0.1) is 18.0 Å². The van der Waals surface area contributed by atoms with Gasteiger partial charge >= 0.3 is 0 Å². The van der Waals surface area contributed by atoms with Crippen molar-refractivity contribution in [2.75, 3.05) is 23.0 Å². The second-order valence-corrected chi connectivity index (χ2v) is 26.6. The third-order valence-electron chi connectivity index (χ3n) is 19.0. The SMILES string of the molecule is CC(C)(O)c1coc(S(=O)(=O)CC(=O)Cc2c(CC3CCC3)ccc3c2CCC3)c1.Nc1c(C(=O)C2CCC2)ccc2c1CCC2.Nc1c(C(O)C2CCC2)ccc2c1CCC2.Nc1c(CC2CCC2)ccc2c1CCC2. The summed E-state index contributed by atoms with van der Waals surface area (Å²) >= 11 is 0. The highest BCUT2D eigenvalue weighted by atomic mass is 32.2. The van der Waals surface area contributed by atoms with Crippen molar-refractivity contribution in [1.29, 1.82) is 0 Å². The van der Waals surface area contributed by atoms with Crippen LogP contribution in [0.15, 0.2) is 70.4 Å². The number of aliphatic hydroxyl groups excluding tert-OH is 1. The molecule has 0 aliphatic heterocycles. The molecule has 4 fully saturated rings. The quantitative estimate of drug-likeness (QED) is 0.0526. The van der Waals surface area contributed by atoms with E-state index in [2.05, 4.69) is 36.4 Å². The van der Waals surface area contributed by atoms with E-state index in [1.807, 2.05) is 12.1 Å². The predicted molar refractivity (Wildman–Crippen MR) is 308 cm³/mol. The van der Waals surface area contributed by atoms with Gasteiger partial charge in [0.2, 0.25) is 14.9 Å². The van der Waals surface area contributed by atoms with Gasteiger partial charge < -0.3 is 31.8 Å². The van der Waals surface area contributed by atoms with Crippen LogP contribution >= 0.6 is 0 Å². The second kappa shape index (κ2) is 23.6. The van der Waals surface area contributed by atoms with E-state index in [0.717, 1.165) is 117 Å².